The Morgan fingerprint density at radius 1 is 1.12 bits per heavy atom. The quantitative estimate of drug-likeness (QED) is 0.660. The summed E-state index contributed by atoms with van der Waals surface area (Å²) in [6.07, 6.45) is 6.24. The third-order valence-electron chi connectivity index (χ3n) is 4.04. The lowest BCUT2D eigenvalue weighted by molar-refractivity contribution is 0.101. The number of hydrogen-bond donors (Lipinski definition) is 1. The van der Waals surface area contributed by atoms with E-state index in [0.29, 0.717) is 11.5 Å². The summed E-state index contributed by atoms with van der Waals surface area (Å²) in [5, 5.41) is 3.16. The van der Waals surface area contributed by atoms with Crippen LogP contribution >= 0.6 is 0 Å². The summed E-state index contributed by atoms with van der Waals surface area (Å²) in [4.78, 5) is 26.5. The highest BCUT2D eigenvalue weighted by molar-refractivity contribution is 5.95. The summed E-state index contributed by atoms with van der Waals surface area (Å²) in [6, 6.07) is 13.2. The second-order valence-electron chi connectivity index (χ2n) is 6.03. The first-order chi connectivity index (χ1) is 12.6. The Hall–Kier alpha value is -3.28. The van der Waals surface area contributed by atoms with E-state index >= 15 is 0 Å². The van der Waals surface area contributed by atoms with E-state index in [-0.39, 0.29) is 5.78 Å². The summed E-state index contributed by atoms with van der Waals surface area (Å²) in [5.41, 5.74) is 2.68. The smallest absolute Gasteiger partial charge is 0.229 e. The topological polar surface area (TPSA) is 71.0 Å². The predicted molar refractivity (Wildman–Crippen MR) is 103 cm³/mol. The van der Waals surface area contributed by atoms with Crippen molar-refractivity contribution in [3.63, 3.8) is 0 Å². The summed E-state index contributed by atoms with van der Waals surface area (Å²) in [5.74, 6) is 1.36. The van der Waals surface area contributed by atoms with Crippen LogP contribution in [0.15, 0.2) is 61.1 Å². The van der Waals surface area contributed by atoms with E-state index in [1.807, 2.05) is 37.4 Å². The molecule has 0 aliphatic heterocycles. The molecule has 26 heavy (non-hydrogen) atoms. The predicted octanol–water partition coefficient (Wildman–Crippen LogP) is 3.50. The Balaban J connectivity index is 1.67. The van der Waals surface area contributed by atoms with Crippen molar-refractivity contribution in [2.45, 2.75) is 13.3 Å². The first-order valence-electron chi connectivity index (χ1n) is 8.43. The number of pyridine rings is 1. The molecule has 0 unspecified atom stereocenters. The van der Waals surface area contributed by atoms with Gasteiger partial charge in [-0.3, -0.25) is 9.78 Å². The van der Waals surface area contributed by atoms with Crippen molar-refractivity contribution in [2.24, 2.45) is 0 Å². The van der Waals surface area contributed by atoms with Crippen molar-refractivity contribution in [3.8, 4) is 0 Å². The van der Waals surface area contributed by atoms with Crippen molar-refractivity contribution in [1.29, 1.82) is 0 Å². The lowest BCUT2D eigenvalue weighted by Gasteiger charge is -2.18. The zero-order chi connectivity index (χ0) is 18.4. The molecule has 1 aromatic carbocycles. The molecule has 0 aliphatic rings. The number of nitrogens with zero attached hydrogens (tertiary/aromatic N) is 4. The number of ketones is 1. The molecule has 0 saturated carbocycles. The van der Waals surface area contributed by atoms with Gasteiger partial charge in [0.2, 0.25) is 5.95 Å². The molecule has 1 N–H and O–H groups in total. The van der Waals surface area contributed by atoms with Crippen LogP contribution in [0.5, 0.6) is 0 Å². The van der Waals surface area contributed by atoms with Crippen LogP contribution in [0.4, 0.5) is 17.5 Å². The minimum absolute atomic E-state index is 0.0270. The first-order valence-corrected chi connectivity index (χ1v) is 8.43. The van der Waals surface area contributed by atoms with Crippen LogP contribution in [0.3, 0.4) is 0 Å². The molecule has 0 atom stereocenters. The summed E-state index contributed by atoms with van der Waals surface area (Å²) in [7, 11) is 2.00. The lowest BCUT2D eigenvalue weighted by Crippen LogP contribution is -2.21. The minimum atomic E-state index is 0.0270. The average molecular weight is 347 g/mol. The molecule has 0 saturated heterocycles. The summed E-state index contributed by atoms with van der Waals surface area (Å²) < 4.78 is 0. The molecule has 3 rings (SSSR count). The SMILES string of the molecule is CC(=O)c1cccc(Nc2nccc(N(C)CCc3ccncc3)n2)c1. The number of likely N-dealkylation sites (N-methyl/N-ethyl adjacent to an activating group) is 1. The molecule has 2 heterocycles. The van der Waals surface area contributed by atoms with E-state index in [4.69, 9.17) is 0 Å². The van der Waals surface area contributed by atoms with Gasteiger partial charge in [0.25, 0.3) is 0 Å². The highest BCUT2D eigenvalue weighted by Crippen LogP contribution is 2.17. The molecular formula is C20H21N5O. The molecule has 132 valence electrons. The molecule has 6 heteroatoms. The lowest BCUT2D eigenvalue weighted by atomic mass is 10.1. The number of Topliss-reactive ketones (excluding diaryl/α,β-unsaturated/α-hetero) is 1. The zero-order valence-electron chi connectivity index (χ0n) is 14.9. The van der Waals surface area contributed by atoms with Gasteiger partial charge in [0.1, 0.15) is 5.82 Å². The Kier molecular flexibility index (Phi) is 5.53. The van der Waals surface area contributed by atoms with Crippen LogP contribution < -0.4 is 10.2 Å². The molecule has 0 radical (unpaired) electrons. The Bertz CT molecular complexity index is 882. The van der Waals surface area contributed by atoms with Crippen LogP contribution in [-0.4, -0.2) is 34.3 Å². The molecule has 0 spiro atoms. The maximum atomic E-state index is 11.5. The van der Waals surface area contributed by atoms with Crippen LogP contribution in [0.1, 0.15) is 22.8 Å². The van der Waals surface area contributed by atoms with Crippen LogP contribution in [-0.2, 0) is 6.42 Å². The van der Waals surface area contributed by atoms with Crippen molar-refractivity contribution >= 4 is 23.2 Å². The second-order valence-corrected chi connectivity index (χ2v) is 6.03. The van der Waals surface area contributed by atoms with Gasteiger partial charge in [-0.05, 0) is 49.2 Å². The Labute approximate surface area is 153 Å². The van der Waals surface area contributed by atoms with Crippen LogP contribution in [0.25, 0.3) is 0 Å². The molecule has 0 fully saturated rings. The van der Waals surface area contributed by atoms with Crippen molar-refractivity contribution in [1.82, 2.24) is 15.0 Å². The zero-order valence-corrected chi connectivity index (χ0v) is 14.9. The van der Waals surface area contributed by atoms with Crippen LogP contribution in [0, 0.1) is 0 Å². The number of nitrogens with one attached hydrogen (secondary N) is 1. The number of hydrogen-bond acceptors (Lipinski definition) is 6. The van der Waals surface area contributed by atoms with Crippen molar-refractivity contribution in [3.05, 3.63) is 72.2 Å². The maximum absolute atomic E-state index is 11.5. The number of carbonyl (C=O) groups is 1. The third kappa shape index (κ3) is 4.63. The number of anilines is 3. The molecular weight excluding hydrogens is 326 g/mol. The Morgan fingerprint density at radius 2 is 1.92 bits per heavy atom. The molecule has 2 aromatic heterocycles. The van der Waals surface area contributed by atoms with Gasteiger partial charge < -0.3 is 10.2 Å². The van der Waals surface area contributed by atoms with Gasteiger partial charge in [0.05, 0.1) is 0 Å². The fourth-order valence-electron chi connectivity index (χ4n) is 2.53. The number of rotatable bonds is 7. The number of benzene rings is 1. The van der Waals surface area contributed by atoms with Crippen molar-refractivity contribution < 1.29 is 4.79 Å². The fourth-order valence-corrected chi connectivity index (χ4v) is 2.53. The molecule has 6 nitrogen and oxygen atoms in total. The van der Waals surface area contributed by atoms with E-state index in [0.717, 1.165) is 24.5 Å². The van der Waals surface area contributed by atoms with E-state index in [9.17, 15) is 4.79 Å². The van der Waals surface area contributed by atoms with Gasteiger partial charge in [-0.25, -0.2) is 4.98 Å². The van der Waals surface area contributed by atoms with E-state index in [1.165, 1.54) is 5.56 Å². The highest BCUT2D eigenvalue weighted by Gasteiger charge is 2.07. The van der Waals surface area contributed by atoms with Gasteiger partial charge in [0.15, 0.2) is 5.78 Å². The molecule has 0 amide bonds. The van der Waals surface area contributed by atoms with Gasteiger partial charge >= 0.3 is 0 Å². The van der Waals surface area contributed by atoms with E-state index < -0.39 is 0 Å². The van der Waals surface area contributed by atoms with Gasteiger partial charge in [-0.15, -0.1) is 0 Å². The minimum Gasteiger partial charge on any atom is -0.359 e. The first kappa shape index (κ1) is 17.5. The summed E-state index contributed by atoms with van der Waals surface area (Å²) >= 11 is 0. The van der Waals surface area contributed by atoms with Gasteiger partial charge in [0, 0.05) is 43.4 Å². The average Bonchev–Trinajstić information content (AvgIpc) is 2.67. The maximum Gasteiger partial charge on any atom is 0.229 e. The molecule has 0 bridgehead atoms. The van der Waals surface area contributed by atoms with Gasteiger partial charge in [-0.2, -0.15) is 4.98 Å². The largest absolute Gasteiger partial charge is 0.359 e. The molecule has 3 aromatic rings. The Morgan fingerprint density at radius 3 is 2.69 bits per heavy atom. The van der Waals surface area contributed by atoms with Crippen molar-refractivity contribution in [2.75, 3.05) is 23.8 Å². The molecule has 0 aliphatic carbocycles. The normalized spacial score (nSPS) is 10.4. The highest BCUT2D eigenvalue weighted by atomic mass is 16.1. The fraction of sp³-hybridized carbons (Fsp3) is 0.200. The second kappa shape index (κ2) is 8.20. The third-order valence-corrected chi connectivity index (χ3v) is 4.04. The van der Waals surface area contributed by atoms with Gasteiger partial charge in [-0.1, -0.05) is 12.1 Å². The standard InChI is InChI=1S/C20H21N5O/c1-15(26)17-4-3-5-18(14-17)23-20-22-12-8-19(24-20)25(2)13-9-16-6-10-21-11-7-16/h3-8,10-12,14H,9,13H2,1-2H3,(H,22,23,24). The monoisotopic (exact) mass is 347 g/mol. The number of aromatic nitrogens is 3. The van der Waals surface area contributed by atoms with E-state index in [2.05, 4.69) is 25.2 Å². The van der Waals surface area contributed by atoms with E-state index in [1.54, 1.807) is 37.6 Å². The van der Waals surface area contributed by atoms with Crippen LogP contribution in [0.2, 0.25) is 0 Å². The number of carbonyl (C=O) groups excluding carboxylic acids is 1. The summed E-state index contributed by atoms with van der Waals surface area (Å²) in [6.45, 7) is 2.38.